The third-order valence-corrected chi connectivity index (χ3v) is 6.76. The highest BCUT2D eigenvalue weighted by Gasteiger charge is 2.27. The van der Waals surface area contributed by atoms with Gasteiger partial charge >= 0.3 is 7.73 Å². The third-order valence-electron chi connectivity index (χ3n) is 5.66. The lowest BCUT2D eigenvalue weighted by Crippen LogP contribution is -2.17. The van der Waals surface area contributed by atoms with Crippen LogP contribution in [0.25, 0.3) is 0 Å². The molecule has 0 heterocycles. The van der Waals surface area contributed by atoms with Gasteiger partial charge in [-0.05, 0) is 63.6 Å². The lowest BCUT2D eigenvalue weighted by molar-refractivity contribution is 0.472. The molecule has 1 unspecified atom stereocenters. The van der Waals surface area contributed by atoms with Crippen molar-refractivity contribution in [1.29, 1.82) is 0 Å². The maximum absolute atomic E-state index is 6.67. The normalized spacial score (nSPS) is 13.7. The number of aryl methyl sites for hydroxylation is 1. The Balaban J connectivity index is 2.32. The Kier molecular flexibility index (Phi) is 8.74. The predicted molar refractivity (Wildman–Crippen MR) is 142 cm³/mol. The Bertz CT molecular complexity index is 901. The van der Waals surface area contributed by atoms with Gasteiger partial charge in [-0.3, -0.25) is 0 Å². The SMILES string of the molecule is CCCCc1ccc(OP(Cl)Oc2ccc(C(C)(C)C)cc2C(C)(C)C)c(C(C)(C)C)c1. The topological polar surface area (TPSA) is 18.5 Å². The summed E-state index contributed by atoms with van der Waals surface area (Å²) >= 11 is 6.67. The van der Waals surface area contributed by atoms with Gasteiger partial charge in [-0.15, -0.1) is 0 Å². The van der Waals surface area contributed by atoms with E-state index in [0.717, 1.165) is 23.5 Å². The summed E-state index contributed by atoms with van der Waals surface area (Å²) in [5, 5.41) is 0. The van der Waals surface area contributed by atoms with Crippen LogP contribution < -0.4 is 9.05 Å². The molecule has 0 N–H and O–H groups in total. The molecule has 0 amide bonds. The van der Waals surface area contributed by atoms with Crippen LogP contribution in [0.2, 0.25) is 0 Å². The fraction of sp³-hybridized carbons (Fsp3) is 0.571. The van der Waals surface area contributed by atoms with Crippen LogP contribution in [-0.2, 0) is 22.7 Å². The first-order valence-corrected chi connectivity index (χ1v) is 13.8. The Morgan fingerprint density at radius 3 is 1.69 bits per heavy atom. The van der Waals surface area contributed by atoms with Gasteiger partial charge in [0.15, 0.2) is 0 Å². The van der Waals surface area contributed by atoms with Crippen molar-refractivity contribution in [1.82, 2.24) is 0 Å². The van der Waals surface area contributed by atoms with Crippen molar-refractivity contribution in [3.05, 3.63) is 58.7 Å². The van der Waals surface area contributed by atoms with Crippen molar-refractivity contribution in [2.24, 2.45) is 0 Å². The zero-order valence-corrected chi connectivity index (χ0v) is 23.4. The number of unbranched alkanes of at least 4 members (excludes halogenated alkanes) is 1. The van der Waals surface area contributed by atoms with Crippen molar-refractivity contribution < 1.29 is 9.05 Å². The first-order chi connectivity index (χ1) is 14.6. The van der Waals surface area contributed by atoms with Gasteiger partial charge in [0, 0.05) is 11.1 Å². The summed E-state index contributed by atoms with van der Waals surface area (Å²) in [6.07, 6.45) is 3.46. The molecule has 4 heteroatoms. The molecule has 0 spiro atoms. The zero-order chi connectivity index (χ0) is 24.3. The van der Waals surface area contributed by atoms with Crippen LogP contribution in [0.3, 0.4) is 0 Å². The molecule has 2 rings (SSSR count). The molecule has 0 aliphatic carbocycles. The second-order valence-electron chi connectivity index (χ2n) is 11.8. The van der Waals surface area contributed by atoms with Crippen LogP contribution in [0.15, 0.2) is 36.4 Å². The van der Waals surface area contributed by atoms with E-state index in [1.54, 1.807) is 0 Å². The molecule has 0 aliphatic rings. The van der Waals surface area contributed by atoms with E-state index in [0.29, 0.717) is 0 Å². The van der Waals surface area contributed by atoms with Crippen LogP contribution in [0.4, 0.5) is 0 Å². The van der Waals surface area contributed by atoms with Crippen molar-refractivity contribution in [2.45, 2.75) is 105 Å². The van der Waals surface area contributed by atoms with Crippen LogP contribution in [-0.4, -0.2) is 0 Å². The third kappa shape index (κ3) is 7.39. The summed E-state index contributed by atoms with van der Waals surface area (Å²) in [7, 11) is -1.65. The molecule has 0 aliphatic heterocycles. The van der Waals surface area contributed by atoms with Crippen molar-refractivity contribution in [3.8, 4) is 11.5 Å². The molecule has 0 bridgehead atoms. The van der Waals surface area contributed by atoms with Crippen LogP contribution in [0.5, 0.6) is 11.5 Å². The van der Waals surface area contributed by atoms with E-state index in [9.17, 15) is 0 Å². The van der Waals surface area contributed by atoms with Crippen molar-refractivity contribution >= 4 is 19.0 Å². The largest absolute Gasteiger partial charge is 0.427 e. The van der Waals surface area contributed by atoms with Gasteiger partial charge < -0.3 is 9.05 Å². The Morgan fingerprint density at radius 1 is 0.719 bits per heavy atom. The molecule has 2 aromatic rings. The monoisotopic (exact) mass is 476 g/mol. The van der Waals surface area contributed by atoms with E-state index in [-0.39, 0.29) is 16.2 Å². The minimum Gasteiger partial charge on any atom is -0.427 e. The van der Waals surface area contributed by atoms with E-state index < -0.39 is 7.73 Å². The van der Waals surface area contributed by atoms with Crippen molar-refractivity contribution in [2.75, 3.05) is 0 Å². The number of benzene rings is 2. The lowest BCUT2D eigenvalue weighted by atomic mass is 9.80. The minimum absolute atomic E-state index is 0.0461. The summed E-state index contributed by atoms with van der Waals surface area (Å²) in [4.78, 5) is 0. The van der Waals surface area contributed by atoms with E-state index in [4.69, 9.17) is 20.3 Å². The summed E-state index contributed by atoms with van der Waals surface area (Å²) in [6, 6.07) is 12.9. The van der Waals surface area contributed by atoms with E-state index in [2.05, 4.69) is 99.6 Å². The smallest absolute Gasteiger partial charge is 0.401 e. The molecule has 178 valence electrons. The first kappa shape index (κ1) is 27.0. The fourth-order valence-corrected chi connectivity index (χ4v) is 4.73. The van der Waals surface area contributed by atoms with Gasteiger partial charge in [0.1, 0.15) is 11.5 Å². The zero-order valence-electron chi connectivity index (χ0n) is 21.7. The molecule has 0 saturated carbocycles. The molecular formula is C28H42ClO2P. The average Bonchev–Trinajstić information content (AvgIpc) is 2.64. The summed E-state index contributed by atoms with van der Waals surface area (Å²) in [5.74, 6) is 1.60. The molecule has 1 atom stereocenters. The second-order valence-corrected chi connectivity index (χ2v) is 13.4. The maximum Gasteiger partial charge on any atom is 0.401 e. The van der Waals surface area contributed by atoms with Gasteiger partial charge in [-0.1, -0.05) is 99.9 Å². The number of halogens is 1. The molecular weight excluding hydrogens is 435 g/mol. The van der Waals surface area contributed by atoms with Crippen LogP contribution >= 0.6 is 19.0 Å². The highest BCUT2D eigenvalue weighted by atomic mass is 35.7. The fourth-order valence-electron chi connectivity index (χ4n) is 3.61. The van der Waals surface area contributed by atoms with Gasteiger partial charge in [0.2, 0.25) is 0 Å². The molecule has 0 saturated heterocycles. The van der Waals surface area contributed by atoms with Crippen LogP contribution in [0.1, 0.15) is 104 Å². The standard InChI is InChI=1S/C28H42ClO2P/c1-11-12-13-20-14-16-24(22(18-20)27(5,6)7)30-32(29)31-25-17-15-21(26(2,3)4)19-23(25)28(8,9)10/h14-19H,11-13H2,1-10H3. The summed E-state index contributed by atoms with van der Waals surface area (Å²) in [6.45, 7) is 22.1. The average molecular weight is 477 g/mol. The van der Waals surface area contributed by atoms with E-state index in [1.165, 1.54) is 29.5 Å². The van der Waals surface area contributed by atoms with Crippen LogP contribution in [0, 0.1) is 0 Å². The summed E-state index contributed by atoms with van der Waals surface area (Å²) < 4.78 is 12.4. The molecule has 2 nitrogen and oxygen atoms in total. The Labute approximate surface area is 202 Å². The highest BCUT2D eigenvalue weighted by molar-refractivity contribution is 7.76. The Hall–Kier alpha value is -1.24. The second kappa shape index (κ2) is 10.4. The number of rotatable bonds is 7. The lowest BCUT2D eigenvalue weighted by Gasteiger charge is -2.28. The van der Waals surface area contributed by atoms with Gasteiger partial charge in [0.25, 0.3) is 0 Å². The first-order valence-electron chi connectivity index (χ1n) is 11.7. The van der Waals surface area contributed by atoms with Gasteiger partial charge in [-0.2, -0.15) is 0 Å². The number of hydrogen-bond donors (Lipinski definition) is 0. The number of hydrogen-bond acceptors (Lipinski definition) is 2. The maximum atomic E-state index is 6.67. The summed E-state index contributed by atoms with van der Waals surface area (Å²) in [5.41, 5.74) is 4.90. The molecule has 0 aromatic heterocycles. The molecule has 0 radical (unpaired) electrons. The minimum atomic E-state index is -1.65. The Morgan fingerprint density at radius 2 is 1.22 bits per heavy atom. The predicted octanol–water partition coefficient (Wildman–Crippen LogP) is 9.85. The quantitative estimate of drug-likeness (QED) is 0.370. The molecule has 2 aromatic carbocycles. The van der Waals surface area contributed by atoms with Gasteiger partial charge in [0.05, 0.1) is 0 Å². The van der Waals surface area contributed by atoms with Crippen molar-refractivity contribution in [3.63, 3.8) is 0 Å². The molecule has 0 fully saturated rings. The van der Waals surface area contributed by atoms with E-state index >= 15 is 0 Å². The van der Waals surface area contributed by atoms with E-state index in [1.807, 2.05) is 6.07 Å². The van der Waals surface area contributed by atoms with Gasteiger partial charge in [-0.25, -0.2) is 0 Å². The highest BCUT2D eigenvalue weighted by Crippen LogP contribution is 2.49. The molecule has 32 heavy (non-hydrogen) atoms.